The fraction of sp³-hybridized carbons (Fsp3) is 0.273. The molecule has 0 N–H and O–H groups in total. The standard InChI is InChI=1S/C11H16OSi/c1-2-12-11-7-5-10(6-8-11)4-3-9-13/h2,5-8H,1,3-4,9H2,13H3. The Morgan fingerprint density at radius 2 is 2.00 bits per heavy atom. The van der Waals surface area contributed by atoms with Crippen LogP contribution in [0.15, 0.2) is 37.1 Å². The quantitative estimate of drug-likeness (QED) is 0.511. The van der Waals surface area contributed by atoms with E-state index in [1.807, 2.05) is 12.1 Å². The zero-order chi connectivity index (χ0) is 9.52. The molecular weight excluding hydrogens is 176 g/mol. The van der Waals surface area contributed by atoms with Gasteiger partial charge in [-0.3, -0.25) is 0 Å². The minimum atomic E-state index is 0.865. The second-order valence-electron chi connectivity index (χ2n) is 3.03. The zero-order valence-corrected chi connectivity index (χ0v) is 10.1. The lowest BCUT2D eigenvalue weighted by Crippen LogP contribution is -1.86. The molecule has 0 spiro atoms. The summed E-state index contributed by atoms with van der Waals surface area (Å²) in [4.78, 5) is 0. The van der Waals surface area contributed by atoms with E-state index in [0.717, 1.165) is 5.75 Å². The van der Waals surface area contributed by atoms with Gasteiger partial charge in [0.25, 0.3) is 0 Å². The molecule has 0 bridgehead atoms. The van der Waals surface area contributed by atoms with E-state index in [-0.39, 0.29) is 0 Å². The van der Waals surface area contributed by atoms with Crippen LogP contribution < -0.4 is 4.74 Å². The number of hydrogen-bond acceptors (Lipinski definition) is 1. The highest BCUT2D eigenvalue weighted by Gasteiger charge is 1.93. The van der Waals surface area contributed by atoms with E-state index in [4.69, 9.17) is 4.74 Å². The van der Waals surface area contributed by atoms with Gasteiger partial charge in [0.05, 0.1) is 6.26 Å². The molecule has 0 unspecified atom stereocenters. The van der Waals surface area contributed by atoms with E-state index in [1.165, 1.54) is 41.0 Å². The smallest absolute Gasteiger partial charge is 0.126 e. The third-order valence-electron chi connectivity index (χ3n) is 1.96. The molecule has 70 valence electrons. The van der Waals surface area contributed by atoms with Gasteiger partial charge in [-0.2, -0.15) is 0 Å². The van der Waals surface area contributed by atoms with Gasteiger partial charge in [0, 0.05) is 10.2 Å². The summed E-state index contributed by atoms with van der Waals surface area (Å²) in [6.07, 6.45) is 3.96. The molecule has 0 amide bonds. The zero-order valence-electron chi connectivity index (χ0n) is 8.12. The largest absolute Gasteiger partial charge is 0.466 e. The predicted molar refractivity (Wildman–Crippen MR) is 60.3 cm³/mol. The van der Waals surface area contributed by atoms with Crippen molar-refractivity contribution >= 4 is 10.2 Å². The summed E-state index contributed by atoms with van der Waals surface area (Å²) >= 11 is 0. The second-order valence-corrected chi connectivity index (χ2v) is 4.03. The number of hydrogen-bond donors (Lipinski definition) is 0. The van der Waals surface area contributed by atoms with E-state index in [9.17, 15) is 0 Å². The van der Waals surface area contributed by atoms with E-state index < -0.39 is 0 Å². The van der Waals surface area contributed by atoms with Gasteiger partial charge in [0.2, 0.25) is 0 Å². The molecule has 0 saturated heterocycles. The Morgan fingerprint density at radius 3 is 2.54 bits per heavy atom. The van der Waals surface area contributed by atoms with Gasteiger partial charge < -0.3 is 4.74 Å². The molecule has 1 aromatic rings. The van der Waals surface area contributed by atoms with Crippen molar-refractivity contribution in [3.05, 3.63) is 42.7 Å². The van der Waals surface area contributed by atoms with Crippen LogP contribution in [0.25, 0.3) is 0 Å². The monoisotopic (exact) mass is 192 g/mol. The van der Waals surface area contributed by atoms with Crippen molar-refractivity contribution in [1.82, 2.24) is 0 Å². The van der Waals surface area contributed by atoms with E-state index in [0.29, 0.717) is 0 Å². The van der Waals surface area contributed by atoms with Crippen LogP contribution in [0.5, 0.6) is 5.75 Å². The number of aryl methyl sites for hydroxylation is 1. The third kappa shape index (κ3) is 3.47. The van der Waals surface area contributed by atoms with Gasteiger partial charge in [0.1, 0.15) is 5.75 Å². The lowest BCUT2D eigenvalue weighted by atomic mass is 10.1. The van der Waals surface area contributed by atoms with E-state index in [2.05, 4.69) is 18.7 Å². The summed E-state index contributed by atoms with van der Waals surface area (Å²) in [6, 6.07) is 9.60. The molecule has 0 fully saturated rings. The number of benzene rings is 1. The Kier molecular flexibility index (Phi) is 4.33. The van der Waals surface area contributed by atoms with Crippen molar-refractivity contribution in [2.24, 2.45) is 0 Å². The molecule has 0 atom stereocenters. The molecule has 0 heterocycles. The summed E-state index contributed by atoms with van der Waals surface area (Å²) in [5, 5.41) is 0. The SMILES string of the molecule is C=COc1ccc(CCC[SiH3])cc1. The maximum Gasteiger partial charge on any atom is 0.126 e. The molecular formula is C11H16OSi. The Bertz CT molecular complexity index is 253. The average molecular weight is 192 g/mol. The Balaban J connectivity index is 2.53. The molecule has 0 aliphatic heterocycles. The van der Waals surface area contributed by atoms with Gasteiger partial charge in [-0.15, -0.1) is 0 Å². The van der Waals surface area contributed by atoms with Crippen LogP contribution in [-0.4, -0.2) is 10.2 Å². The van der Waals surface area contributed by atoms with E-state index in [1.54, 1.807) is 0 Å². The van der Waals surface area contributed by atoms with Crippen LogP contribution in [0.4, 0.5) is 0 Å². The van der Waals surface area contributed by atoms with Crippen LogP contribution in [-0.2, 0) is 6.42 Å². The van der Waals surface area contributed by atoms with Crippen molar-refractivity contribution in [1.29, 1.82) is 0 Å². The first-order chi connectivity index (χ1) is 6.36. The number of rotatable bonds is 5. The second kappa shape index (κ2) is 5.59. The minimum Gasteiger partial charge on any atom is -0.466 e. The molecule has 0 radical (unpaired) electrons. The van der Waals surface area contributed by atoms with Crippen molar-refractivity contribution in [3.8, 4) is 5.75 Å². The highest BCUT2D eigenvalue weighted by molar-refractivity contribution is 6.08. The minimum absolute atomic E-state index is 0.865. The summed E-state index contributed by atoms with van der Waals surface area (Å²) < 4.78 is 5.14. The van der Waals surface area contributed by atoms with Gasteiger partial charge in [-0.1, -0.05) is 31.2 Å². The van der Waals surface area contributed by atoms with E-state index >= 15 is 0 Å². The van der Waals surface area contributed by atoms with Crippen molar-refractivity contribution in [3.63, 3.8) is 0 Å². The molecule has 13 heavy (non-hydrogen) atoms. The predicted octanol–water partition coefficient (Wildman–Crippen LogP) is 1.93. The van der Waals surface area contributed by atoms with Gasteiger partial charge in [-0.25, -0.2) is 0 Å². The Labute approximate surface area is 82.9 Å². The fourth-order valence-electron chi connectivity index (χ4n) is 1.21. The molecule has 0 aromatic heterocycles. The normalized spacial score (nSPS) is 9.85. The fourth-order valence-corrected chi connectivity index (χ4v) is 1.57. The van der Waals surface area contributed by atoms with Crippen LogP contribution >= 0.6 is 0 Å². The average Bonchev–Trinajstić information content (AvgIpc) is 2.17. The highest BCUT2D eigenvalue weighted by atomic mass is 28.1. The molecule has 0 aliphatic carbocycles. The molecule has 1 rings (SSSR count). The third-order valence-corrected chi connectivity index (χ3v) is 2.67. The molecule has 1 nitrogen and oxygen atoms in total. The molecule has 0 aliphatic rings. The number of ether oxygens (including phenoxy) is 1. The highest BCUT2D eigenvalue weighted by Crippen LogP contribution is 2.13. The van der Waals surface area contributed by atoms with Crippen molar-refractivity contribution in [2.45, 2.75) is 18.9 Å². The molecule has 0 saturated carbocycles. The maximum absolute atomic E-state index is 5.14. The first-order valence-electron chi connectivity index (χ1n) is 4.73. The summed E-state index contributed by atoms with van der Waals surface area (Å²) in [6.45, 7) is 3.51. The van der Waals surface area contributed by atoms with Crippen LogP contribution in [0.2, 0.25) is 6.04 Å². The van der Waals surface area contributed by atoms with Gasteiger partial charge in [-0.05, 0) is 24.1 Å². The summed E-state index contributed by atoms with van der Waals surface area (Å²) in [5.74, 6) is 0.865. The molecule has 1 aromatic carbocycles. The van der Waals surface area contributed by atoms with Gasteiger partial charge >= 0.3 is 0 Å². The van der Waals surface area contributed by atoms with Crippen LogP contribution in [0, 0.1) is 0 Å². The summed E-state index contributed by atoms with van der Waals surface area (Å²) in [7, 11) is 1.31. The van der Waals surface area contributed by atoms with Crippen LogP contribution in [0.1, 0.15) is 12.0 Å². The van der Waals surface area contributed by atoms with Crippen molar-refractivity contribution in [2.75, 3.05) is 0 Å². The topological polar surface area (TPSA) is 9.23 Å². The summed E-state index contributed by atoms with van der Waals surface area (Å²) in [5.41, 5.74) is 1.40. The molecule has 2 heteroatoms. The maximum atomic E-state index is 5.14. The first kappa shape index (κ1) is 10.1. The lowest BCUT2D eigenvalue weighted by Gasteiger charge is -2.02. The van der Waals surface area contributed by atoms with Gasteiger partial charge in [0.15, 0.2) is 0 Å². The van der Waals surface area contributed by atoms with Crippen LogP contribution in [0.3, 0.4) is 0 Å². The lowest BCUT2D eigenvalue weighted by molar-refractivity contribution is 0.483. The first-order valence-corrected chi connectivity index (χ1v) is 6.14. The Hall–Kier alpha value is -1.02. The Morgan fingerprint density at radius 1 is 1.31 bits per heavy atom. The van der Waals surface area contributed by atoms with Crippen molar-refractivity contribution < 1.29 is 4.74 Å².